The first kappa shape index (κ1) is 19.9. The van der Waals surface area contributed by atoms with Crippen molar-refractivity contribution in [3.63, 3.8) is 0 Å². The van der Waals surface area contributed by atoms with Gasteiger partial charge < -0.3 is 14.2 Å². The van der Waals surface area contributed by atoms with E-state index in [0.717, 1.165) is 5.56 Å². The number of rotatable bonds is 6. The molecule has 0 saturated carbocycles. The number of sulfonamides is 1. The molecule has 2 aliphatic rings. The molecule has 27 heavy (non-hydrogen) atoms. The van der Waals surface area contributed by atoms with Crippen LogP contribution >= 0.6 is 0 Å². The maximum atomic E-state index is 13.1. The Morgan fingerprint density at radius 1 is 1.26 bits per heavy atom. The number of hydrogen-bond acceptors (Lipinski definition) is 6. The van der Waals surface area contributed by atoms with Gasteiger partial charge in [-0.3, -0.25) is 4.72 Å². The minimum Gasteiger partial charge on any atom is -0.463 e. The first-order chi connectivity index (χ1) is 12.9. The van der Waals surface area contributed by atoms with Crippen LogP contribution < -0.4 is 4.72 Å². The highest BCUT2D eigenvalue weighted by Crippen LogP contribution is 2.37. The Morgan fingerprint density at radius 2 is 1.96 bits per heavy atom. The SMILES string of the molecule is CCOC(=O)C1=CC2(CCC1S(=O)(=O)Nc1ccccc1CC)OCCO2. The van der Waals surface area contributed by atoms with Crippen molar-refractivity contribution >= 4 is 21.7 Å². The number of nitrogens with one attached hydrogen (secondary N) is 1. The van der Waals surface area contributed by atoms with Crippen LogP contribution in [0.3, 0.4) is 0 Å². The van der Waals surface area contributed by atoms with E-state index in [-0.39, 0.29) is 18.6 Å². The number of carbonyl (C=O) groups is 1. The zero-order chi connectivity index (χ0) is 19.5. The van der Waals surface area contributed by atoms with E-state index in [1.807, 2.05) is 19.1 Å². The molecule has 1 aromatic carbocycles. The second-order valence-electron chi connectivity index (χ2n) is 6.51. The predicted molar refractivity (Wildman–Crippen MR) is 101 cm³/mol. The Bertz CT molecular complexity index is 826. The standard InChI is InChI=1S/C19H25NO6S/c1-3-14-7-5-6-8-16(14)20-27(22,23)17-9-10-19(25-11-12-26-19)13-15(17)18(21)24-4-2/h5-8,13,17,20H,3-4,9-12H2,1-2H3. The second kappa shape index (κ2) is 8.00. The zero-order valence-corrected chi connectivity index (χ0v) is 16.4. The van der Waals surface area contributed by atoms with Crippen molar-refractivity contribution in [1.82, 2.24) is 0 Å². The third-order valence-corrected chi connectivity index (χ3v) is 6.53. The van der Waals surface area contributed by atoms with Crippen molar-refractivity contribution in [2.75, 3.05) is 24.5 Å². The molecule has 0 amide bonds. The minimum atomic E-state index is -3.86. The van der Waals surface area contributed by atoms with Crippen LogP contribution in [0.15, 0.2) is 35.9 Å². The molecule has 1 spiro atoms. The van der Waals surface area contributed by atoms with Gasteiger partial charge in [-0.25, -0.2) is 13.2 Å². The third kappa shape index (κ3) is 4.17. The first-order valence-electron chi connectivity index (χ1n) is 9.18. The number of hydrogen-bond donors (Lipinski definition) is 1. The van der Waals surface area contributed by atoms with Crippen molar-refractivity contribution in [3.8, 4) is 0 Å². The average molecular weight is 395 g/mol. The molecule has 0 radical (unpaired) electrons. The molecule has 7 nitrogen and oxygen atoms in total. The van der Waals surface area contributed by atoms with Crippen molar-refractivity contribution in [3.05, 3.63) is 41.5 Å². The summed E-state index contributed by atoms with van der Waals surface area (Å²) < 4.78 is 45.2. The van der Waals surface area contributed by atoms with E-state index in [1.165, 1.54) is 6.08 Å². The molecule has 148 valence electrons. The highest BCUT2D eigenvalue weighted by atomic mass is 32.2. The lowest BCUT2D eigenvalue weighted by Crippen LogP contribution is -2.42. The summed E-state index contributed by atoms with van der Waals surface area (Å²) in [5.74, 6) is -1.69. The number of anilines is 1. The summed E-state index contributed by atoms with van der Waals surface area (Å²) in [5, 5.41) is -1.03. The molecule has 1 atom stereocenters. The van der Waals surface area contributed by atoms with Crippen LogP contribution in [-0.2, 0) is 35.4 Å². The second-order valence-corrected chi connectivity index (χ2v) is 8.38. The summed E-state index contributed by atoms with van der Waals surface area (Å²) in [6.45, 7) is 4.61. The fraction of sp³-hybridized carbons (Fsp3) is 0.526. The molecular weight excluding hydrogens is 370 g/mol. The van der Waals surface area contributed by atoms with Crippen LogP contribution in [0.4, 0.5) is 5.69 Å². The molecule has 1 fully saturated rings. The monoisotopic (exact) mass is 395 g/mol. The molecule has 1 heterocycles. The van der Waals surface area contributed by atoms with E-state index >= 15 is 0 Å². The van der Waals surface area contributed by atoms with Gasteiger partial charge in [-0.15, -0.1) is 0 Å². The molecular formula is C19H25NO6S. The summed E-state index contributed by atoms with van der Waals surface area (Å²) >= 11 is 0. The van der Waals surface area contributed by atoms with Gasteiger partial charge in [0.1, 0.15) is 5.25 Å². The number of carbonyl (C=O) groups excluding carboxylic acids is 1. The predicted octanol–water partition coefficient (Wildman–Crippen LogP) is 2.39. The lowest BCUT2D eigenvalue weighted by atomic mass is 9.94. The average Bonchev–Trinajstić information content (AvgIpc) is 3.09. The molecule has 1 saturated heterocycles. The Balaban J connectivity index is 1.93. The molecule has 8 heteroatoms. The van der Waals surface area contributed by atoms with Gasteiger partial charge in [0, 0.05) is 6.42 Å². The van der Waals surface area contributed by atoms with Gasteiger partial charge in [0.05, 0.1) is 31.1 Å². The van der Waals surface area contributed by atoms with Gasteiger partial charge in [-0.2, -0.15) is 0 Å². The maximum absolute atomic E-state index is 13.1. The maximum Gasteiger partial charge on any atom is 0.335 e. The van der Waals surface area contributed by atoms with Crippen LogP contribution in [0, 0.1) is 0 Å². The van der Waals surface area contributed by atoms with Crippen molar-refractivity contribution in [2.45, 2.75) is 44.1 Å². The molecule has 1 unspecified atom stereocenters. The summed E-state index contributed by atoms with van der Waals surface area (Å²) in [5.41, 5.74) is 1.47. The van der Waals surface area contributed by atoms with Crippen LogP contribution in [0.25, 0.3) is 0 Å². The number of benzene rings is 1. The van der Waals surface area contributed by atoms with Gasteiger partial charge in [0.2, 0.25) is 10.0 Å². The molecule has 1 aliphatic heterocycles. The van der Waals surface area contributed by atoms with E-state index in [9.17, 15) is 13.2 Å². The van der Waals surface area contributed by atoms with Gasteiger partial charge in [0.25, 0.3) is 0 Å². The van der Waals surface area contributed by atoms with E-state index in [2.05, 4.69) is 4.72 Å². The van der Waals surface area contributed by atoms with E-state index in [4.69, 9.17) is 14.2 Å². The van der Waals surface area contributed by atoms with Crippen LogP contribution in [-0.4, -0.2) is 45.2 Å². The Hall–Kier alpha value is -1.90. The lowest BCUT2D eigenvalue weighted by molar-refractivity contribution is -0.143. The van der Waals surface area contributed by atoms with Gasteiger partial charge in [-0.05, 0) is 37.5 Å². The summed E-state index contributed by atoms with van der Waals surface area (Å²) in [4.78, 5) is 12.5. The normalized spacial score (nSPS) is 21.7. The van der Waals surface area contributed by atoms with Crippen LogP contribution in [0.1, 0.15) is 32.3 Å². The first-order valence-corrected chi connectivity index (χ1v) is 10.7. The summed E-state index contributed by atoms with van der Waals surface area (Å²) in [6, 6.07) is 7.22. The Labute approximate surface area is 159 Å². The van der Waals surface area contributed by atoms with Crippen molar-refractivity contribution in [2.24, 2.45) is 0 Å². The largest absolute Gasteiger partial charge is 0.463 e. The molecule has 1 aliphatic carbocycles. The van der Waals surface area contributed by atoms with Crippen LogP contribution in [0.2, 0.25) is 0 Å². The molecule has 0 bridgehead atoms. The Morgan fingerprint density at radius 3 is 2.63 bits per heavy atom. The summed E-state index contributed by atoms with van der Waals surface area (Å²) in [7, 11) is -3.86. The number of ether oxygens (including phenoxy) is 3. The van der Waals surface area contributed by atoms with E-state index < -0.39 is 27.0 Å². The van der Waals surface area contributed by atoms with Gasteiger partial charge in [0.15, 0.2) is 5.79 Å². The lowest BCUT2D eigenvalue weighted by Gasteiger charge is -2.33. The van der Waals surface area contributed by atoms with Crippen molar-refractivity contribution in [1.29, 1.82) is 0 Å². The highest BCUT2D eigenvalue weighted by molar-refractivity contribution is 7.93. The highest BCUT2D eigenvalue weighted by Gasteiger charge is 2.46. The Kier molecular flexibility index (Phi) is 5.88. The number of esters is 1. The number of para-hydroxylation sites is 1. The minimum absolute atomic E-state index is 0.0616. The summed E-state index contributed by atoms with van der Waals surface area (Å²) in [6.07, 6.45) is 2.73. The van der Waals surface area contributed by atoms with Crippen LogP contribution in [0.5, 0.6) is 0 Å². The zero-order valence-electron chi connectivity index (χ0n) is 15.6. The smallest absolute Gasteiger partial charge is 0.335 e. The molecule has 1 N–H and O–H groups in total. The fourth-order valence-electron chi connectivity index (χ4n) is 3.47. The van der Waals surface area contributed by atoms with E-state index in [0.29, 0.717) is 31.7 Å². The fourth-order valence-corrected chi connectivity index (χ4v) is 5.04. The third-order valence-electron chi connectivity index (χ3n) is 4.79. The van der Waals surface area contributed by atoms with Gasteiger partial charge >= 0.3 is 5.97 Å². The molecule has 1 aromatic rings. The van der Waals surface area contributed by atoms with Gasteiger partial charge in [-0.1, -0.05) is 25.1 Å². The molecule has 3 rings (SSSR count). The van der Waals surface area contributed by atoms with Crippen molar-refractivity contribution < 1.29 is 27.4 Å². The molecule has 0 aromatic heterocycles. The quantitative estimate of drug-likeness (QED) is 0.744. The topological polar surface area (TPSA) is 90.9 Å². The van der Waals surface area contributed by atoms with E-state index in [1.54, 1.807) is 19.1 Å². The number of aryl methyl sites for hydroxylation is 1.